The fourth-order valence-corrected chi connectivity index (χ4v) is 2.49. The molecule has 0 saturated carbocycles. The molecule has 0 spiro atoms. The molecular formula is C15H19N3O. The molecule has 19 heavy (non-hydrogen) atoms. The molecule has 1 aliphatic heterocycles. The summed E-state index contributed by atoms with van der Waals surface area (Å²) in [5.41, 5.74) is 10.6. The van der Waals surface area contributed by atoms with Crippen molar-refractivity contribution in [2.75, 3.05) is 12.3 Å². The fraction of sp³-hybridized carbons (Fsp3) is 0.400. The van der Waals surface area contributed by atoms with Gasteiger partial charge in [0.2, 0.25) is 0 Å². The summed E-state index contributed by atoms with van der Waals surface area (Å²) in [7, 11) is 0. The van der Waals surface area contributed by atoms with E-state index < -0.39 is 0 Å². The van der Waals surface area contributed by atoms with Crippen LogP contribution in [0.5, 0.6) is 0 Å². The number of nitrogen functional groups attached to an aromatic ring is 1. The highest BCUT2D eigenvalue weighted by Crippen LogP contribution is 2.26. The SMILES string of the molecule is CC(C)c1cccc(-n2nc(N)c3c2CCOC3)c1. The zero-order chi connectivity index (χ0) is 13.4. The van der Waals surface area contributed by atoms with E-state index in [4.69, 9.17) is 10.5 Å². The van der Waals surface area contributed by atoms with Gasteiger partial charge < -0.3 is 10.5 Å². The van der Waals surface area contributed by atoms with Gasteiger partial charge in [-0.1, -0.05) is 26.0 Å². The van der Waals surface area contributed by atoms with Crippen LogP contribution in [0.15, 0.2) is 24.3 Å². The molecule has 0 fully saturated rings. The molecule has 0 bridgehead atoms. The maximum atomic E-state index is 5.99. The molecule has 3 rings (SSSR count). The molecule has 1 aromatic heterocycles. The smallest absolute Gasteiger partial charge is 0.151 e. The first-order chi connectivity index (χ1) is 9.16. The minimum Gasteiger partial charge on any atom is -0.382 e. The Labute approximate surface area is 113 Å². The number of nitrogens with zero attached hydrogens (tertiary/aromatic N) is 2. The third-order valence-electron chi connectivity index (χ3n) is 3.63. The maximum Gasteiger partial charge on any atom is 0.151 e. The first kappa shape index (κ1) is 12.2. The summed E-state index contributed by atoms with van der Waals surface area (Å²) < 4.78 is 7.43. The molecule has 4 heteroatoms. The van der Waals surface area contributed by atoms with Crippen LogP contribution in [0.1, 0.15) is 36.6 Å². The topological polar surface area (TPSA) is 53.1 Å². The van der Waals surface area contributed by atoms with Gasteiger partial charge >= 0.3 is 0 Å². The number of hydrogen-bond donors (Lipinski definition) is 1. The van der Waals surface area contributed by atoms with Gasteiger partial charge in [0, 0.05) is 12.0 Å². The number of anilines is 1. The number of ether oxygens (including phenoxy) is 1. The summed E-state index contributed by atoms with van der Waals surface area (Å²) >= 11 is 0. The molecule has 0 unspecified atom stereocenters. The maximum absolute atomic E-state index is 5.99. The molecular weight excluding hydrogens is 238 g/mol. The highest BCUT2D eigenvalue weighted by molar-refractivity contribution is 5.48. The van der Waals surface area contributed by atoms with Crippen LogP contribution in [-0.2, 0) is 17.8 Å². The Morgan fingerprint density at radius 2 is 2.21 bits per heavy atom. The number of fused-ring (bicyclic) bond motifs is 1. The largest absolute Gasteiger partial charge is 0.382 e. The van der Waals surface area contributed by atoms with Crippen molar-refractivity contribution in [1.29, 1.82) is 0 Å². The summed E-state index contributed by atoms with van der Waals surface area (Å²) in [6, 6.07) is 8.49. The Kier molecular flexibility index (Phi) is 3.03. The summed E-state index contributed by atoms with van der Waals surface area (Å²) in [4.78, 5) is 0. The third-order valence-corrected chi connectivity index (χ3v) is 3.63. The molecule has 0 amide bonds. The number of nitrogens with two attached hydrogens (primary N) is 1. The van der Waals surface area contributed by atoms with Gasteiger partial charge in [-0.2, -0.15) is 5.10 Å². The van der Waals surface area contributed by atoms with Crippen LogP contribution in [0.4, 0.5) is 5.82 Å². The van der Waals surface area contributed by atoms with Crippen molar-refractivity contribution in [3.05, 3.63) is 41.1 Å². The summed E-state index contributed by atoms with van der Waals surface area (Å²) in [6.07, 6.45) is 0.867. The Morgan fingerprint density at radius 3 is 3.00 bits per heavy atom. The van der Waals surface area contributed by atoms with E-state index in [0.717, 1.165) is 24.3 Å². The van der Waals surface area contributed by atoms with E-state index in [9.17, 15) is 0 Å². The molecule has 0 atom stereocenters. The molecule has 2 aromatic rings. The van der Waals surface area contributed by atoms with Crippen molar-refractivity contribution < 1.29 is 4.74 Å². The van der Waals surface area contributed by atoms with Crippen molar-refractivity contribution in [3.63, 3.8) is 0 Å². The van der Waals surface area contributed by atoms with Crippen LogP contribution in [0.2, 0.25) is 0 Å². The minimum atomic E-state index is 0.506. The van der Waals surface area contributed by atoms with Crippen molar-refractivity contribution in [1.82, 2.24) is 9.78 Å². The van der Waals surface area contributed by atoms with E-state index in [2.05, 4.69) is 43.2 Å². The van der Waals surface area contributed by atoms with E-state index in [0.29, 0.717) is 18.3 Å². The van der Waals surface area contributed by atoms with Crippen molar-refractivity contribution in [2.45, 2.75) is 32.8 Å². The molecule has 0 saturated heterocycles. The van der Waals surface area contributed by atoms with E-state index >= 15 is 0 Å². The molecule has 1 aromatic carbocycles. The lowest BCUT2D eigenvalue weighted by molar-refractivity contribution is 0.110. The third kappa shape index (κ3) is 2.12. The second-order valence-electron chi connectivity index (χ2n) is 5.27. The van der Waals surface area contributed by atoms with Gasteiger partial charge in [-0.25, -0.2) is 4.68 Å². The highest BCUT2D eigenvalue weighted by atomic mass is 16.5. The standard InChI is InChI=1S/C15H19N3O/c1-10(2)11-4-3-5-12(8-11)18-14-6-7-19-9-13(14)15(16)17-18/h3-5,8,10H,6-7,9H2,1-2H3,(H2,16,17). The summed E-state index contributed by atoms with van der Waals surface area (Å²) in [6.45, 7) is 5.70. The van der Waals surface area contributed by atoms with Crippen LogP contribution in [-0.4, -0.2) is 16.4 Å². The highest BCUT2D eigenvalue weighted by Gasteiger charge is 2.20. The van der Waals surface area contributed by atoms with E-state index in [1.54, 1.807) is 0 Å². The molecule has 100 valence electrons. The lowest BCUT2D eigenvalue weighted by Gasteiger charge is -2.15. The van der Waals surface area contributed by atoms with Crippen LogP contribution < -0.4 is 5.73 Å². The number of aromatic nitrogens is 2. The first-order valence-corrected chi connectivity index (χ1v) is 6.71. The fourth-order valence-electron chi connectivity index (χ4n) is 2.49. The number of benzene rings is 1. The first-order valence-electron chi connectivity index (χ1n) is 6.71. The van der Waals surface area contributed by atoms with Crippen molar-refractivity contribution in [3.8, 4) is 5.69 Å². The van der Waals surface area contributed by atoms with E-state index in [-0.39, 0.29) is 0 Å². The van der Waals surface area contributed by atoms with Crippen molar-refractivity contribution >= 4 is 5.82 Å². The van der Waals surface area contributed by atoms with Crippen LogP contribution in [0.3, 0.4) is 0 Å². The molecule has 1 aliphatic rings. The van der Waals surface area contributed by atoms with Crippen molar-refractivity contribution in [2.24, 2.45) is 0 Å². The van der Waals surface area contributed by atoms with Gasteiger partial charge in [-0.05, 0) is 23.6 Å². The van der Waals surface area contributed by atoms with Crippen LogP contribution in [0, 0.1) is 0 Å². The van der Waals surface area contributed by atoms with Crippen LogP contribution >= 0.6 is 0 Å². The summed E-state index contributed by atoms with van der Waals surface area (Å²) in [5.74, 6) is 1.09. The lowest BCUT2D eigenvalue weighted by atomic mass is 10.0. The Hall–Kier alpha value is -1.81. The predicted molar refractivity (Wildman–Crippen MR) is 75.4 cm³/mol. The predicted octanol–water partition coefficient (Wildman–Crippen LogP) is 2.65. The zero-order valence-corrected chi connectivity index (χ0v) is 11.4. The van der Waals surface area contributed by atoms with Gasteiger partial charge in [0.1, 0.15) is 0 Å². The van der Waals surface area contributed by atoms with Gasteiger partial charge in [-0.3, -0.25) is 0 Å². The second kappa shape index (κ2) is 4.70. The second-order valence-corrected chi connectivity index (χ2v) is 5.27. The van der Waals surface area contributed by atoms with E-state index in [1.807, 2.05) is 4.68 Å². The molecule has 0 aliphatic carbocycles. The zero-order valence-electron chi connectivity index (χ0n) is 11.4. The average Bonchev–Trinajstić information content (AvgIpc) is 2.77. The molecule has 4 nitrogen and oxygen atoms in total. The molecule has 2 N–H and O–H groups in total. The van der Waals surface area contributed by atoms with Gasteiger partial charge in [0.25, 0.3) is 0 Å². The molecule has 0 radical (unpaired) electrons. The van der Waals surface area contributed by atoms with Gasteiger partial charge in [-0.15, -0.1) is 0 Å². The number of rotatable bonds is 2. The van der Waals surface area contributed by atoms with Gasteiger partial charge in [0.05, 0.1) is 24.6 Å². The van der Waals surface area contributed by atoms with Crippen LogP contribution in [0.25, 0.3) is 5.69 Å². The normalized spacial score (nSPS) is 14.7. The average molecular weight is 257 g/mol. The molecule has 2 heterocycles. The minimum absolute atomic E-state index is 0.506. The summed E-state index contributed by atoms with van der Waals surface area (Å²) in [5, 5.41) is 4.48. The lowest BCUT2D eigenvalue weighted by Crippen LogP contribution is -2.13. The quantitative estimate of drug-likeness (QED) is 0.899. The van der Waals surface area contributed by atoms with E-state index in [1.165, 1.54) is 11.3 Å². The number of hydrogen-bond acceptors (Lipinski definition) is 3. The monoisotopic (exact) mass is 257 g/mol. The van der Waals surface area contributed by atoms with Gasteiger partial charge in [0.15, 0.2) is 5.82 Å². The Balaban J connectivity index is 2.09. The Morgan fingerprint density at radius 1 is 1.37 bits per heavy atom. The Bertz CT molecular complexity index is 601.